The van der Waals surface area contributed by atoms with Crippen LogP contribution < -0.4 is 20.7 Å². The number of piperidine rings is 1. The van der Waals surface area contributed by atoms with E-state index in [2.05, 4.69) is 20.2 Å². The van der Waals surface area contributed by atoms with Gasteiger partial charge in [-0.1, -0.05) is 17.7 Å². The molecule has 8 heteroatoms. The van der Waals surface area contributed by atoms with Crippen LogP contribution in [0.5, 0.6) is 5.75 Å². The highest BCUT2D eigenvalue weighted by molar-refractivity contribution is 6.32. The van der Waals surface area contributed by atoms with Crippen molar-refractivity contribution in [1.82, 2.24) is 15.3 Å². The van der Waals surface area contributed by atoms with Crippen LogP contribution in [0.15, 0.2) is 24.4 Å². The van der Waals surface area contributed by atoms with E-state index in [9.17, 15) is 0 Å². The first-order valence-electron chi connectivity index (χ1n) is 9.03. The first kappa shape index (κ1) is 19.2. The maximum absolute atomic E-state index is 9.08. The Kier molecular flexibility index (Phi) is 6.32. The zero-order valence-electron chi connectivity index (χ0n) is 15.3. The summed E-state index contributed by atoms with van der Waals surface area (Å²) < 4.78 is 5.61. The lowest BCUT2D eigenvalue weighted by molar-refractivity contribution is 0.340. The van der Waals surface area contributed by atoms with Crippen LogP contribution in [-0.2, 0) is 6.54 Å². The predicted molar refractivity (Wildman–Crippen MR) is 106 cm³/mol. The number of nitrogens with one attached hydrogen (secondary N) is 1. The molecular weight excluding hydrogens is 364 g/mol. The van der Waals surface area contributed by atoms with Gasteiger partial charge in [-0.25, -0.2) is 4.98 Å². The zero-order valence-corrected chi connectivity index (χ0v) is 16.0. The van der Waals surface area contributed by atoms with Crippen molar-refractivity contribution in [1.29, 1.82) is 5.26 Å². The Hall–Kier alpha value is -2.56. The van der Waals surface area contributed by atoms with Crippen LogP contribution in [0.25, 0.3) is 0 Å². The third kappa shape index (κ3) is 4.59. The molecule has 0 unspecified atom stereocenters. The number of aromatic nitrogens is 2. The van der Waals surface area contributed by atoms with Crippen molar-refractivity contribution in [2.24, 2.45) is 0 Å². The fourth-order valence-electron chi connectivity index (χ4n) is 3.20. The summed E-state index contributed by atoms with van der Waals surface area (Å²) in [7, 11) is 0. The van der Waals surface area contributed by atoms with Gasteiger partial charge >= 0.3 is 0 Å². The van der Waals surface area contributed by atoms with E-state index in [4.69, 9.17) is 27.3 Å². The maximum atomic E-state index is 9.08. The van der Waals surface area contributed by atoms with Crippen molar-refractivity contribution in [3.8, 4) is 11.8 Å². The topological polar surface area (TPSA) is 100 Å². The van der Waals surface area contributed by atoms with Crippen LogP contribution in [0.3, 0.4) is 0 Å². The lowest BCUT2D eigenvalue weighted by atomic mass is 10.0. The van der Waals surface area contributed by atoms with Gasteiger partial charge in [0.2, 0.25) is 5.95 Å². The van der Waals surface area contributed by atoms with Gasteiger partial charge in [0.1, 0.15) is 23.2 Å². The Morgan fingerprint density at radius 3 is 2.85 bits per heavy atom. The number of benzene rings is 1. The minimum atomic E-state index is 0.201. The second-order valence-corrected chi connectivity index (χ2v) is 6.79. The molecule has 3 rings (SSSR count). The number of nitriles is 1. The summed E-state index contributed by atoms with van der Waals surface area (Å²) in [6.07, 6.45) is 3.45. The lowest BCUT2D eigenvalue weighted by Crippen LogP contribution is -2.43. The number of hydrogen-bond acceptors (Lipinski definition) is 7. The molecule has 0 spiro atoms. The van der Waals surface area contributed by atoms with Gasteiger partial charge in [-0.3, -0.25) is 0 Å². The molecule has 7 nitrogen and oxygen atoms in total. The second kappa shape index (κ2) is 8.89. The molecule has 3 N–H and O–H groups in total. The highest BCUT2D eigenvalue weighted by Gasteiger charge is 2.24. The maximum Gasteiger partial charge on any atom is 0.227 e. The SMILES string of the molecule is CCOc1cc(CN(c2ncc(C#N)c(N)n2)C2CCNCC2)ccc1Cl. The summed E-state index contributed by atoms with van der Waals surface area (Å²) in [5.74, 6) is 1.40. The monoisotopic (exact) mass is 386 g/mol. The molecule has 2 aromatic rings. The highest BCUT2D eigenvalue weighted by atomic mass is 35.5. The van der Waals surface area contributed by atoms with Gasteiger partial charge in [0.05, 0.1) is 17.8 Å². The summed E-state index contributed by atoms with van der Waals surface area (Å²) >= 11 is 6.21. The van der Waals surface area contributed by atoms with Gasteiger partial charge in [0.15, 0.2) is 0 Å². The zero-order chi connectivity index (χ0) is 19.2. The molecule has 0 aliphatic carbocycles. The summed E-state index contributed by atoms with van der Waals surface area (Å²) in [5, 5.41) is 13.0. The van der Waals surface area contributed by atoms with Crippen LogP contribution in [0, 0.1) is 11.3 Å². The molecule has 27 heavy (non-hydrogen) atoms. The summed E-state index contributed by atoms with van der Waals surface area (Å²) in [4.78, 5) is 10.9. The number of nitrogens with two attached hydrogens (primary N) is 1. The molecule has 1 aliphatic heterocycles. The van der Waals surface area contributed by atoms with E-state index in [0.29, 0.717) is 29.9 Å². The molecule has 1 aromatic carbocycles. The van der Waals surface area contributed by atoms with Crippen LogP contribution >= 0.6 is 11.6 Å². The Labute approximate surface area is 164 Å². The van der Waals surface area contributed by atoms with E-state index in [1.54, 1.807) is 0 Å². The van der Waals surface area contributed by atoms with Crippen LogP contribution in [0.1, 0.15) is 30.9 Å². The molecule has 1 fully saturated rings. The van der Waals surface area contributed by atoms with Crippen molar-refractivity contribution >= 4 is 23.4 Å². The average Bonchev–Trinajstić information content (AvgIpc) is 2.69. The minimum absolute atomic E-state index is 0.201. The van der Waals surface area contributed by atoms with Crippen molar-refractivity contribution in [3.63, 3.8) is 0 Å². The molecule has 0 bridgehead atoms. The fourth-order valence-corrected chi connectivity index (χ4v) is 3.37. The Morgan fingerprint density at radius 1 is 1.41 bits per heavy atom. The van der Waals surface area contributed by atoms with Crippen molar-refractivity contribution in [2.75, 3.05) is 30.3 Å². The molecule has 1 aliphatic rings. The molecule has 1 saturated heterocycles. The number of hydrogen-bond donors (Lipinski definition) is 2. The Balaban J connectivity index is 1.92. The van der Waals surface area contributed by atoms with E-state index in [0.717, 1.165) is 31.5 Å². The number of halogens is 1. The number of nitrogen functional groups attached to an aromatic ring is 1. The number of rotatable bonds is 6. The van der Waals surface area contributed by atoms with E-state index >= 15 is 0 Å². The van der Waals surface area contributed by atoms with Gasteiger partial charge in [-0.15, -0.1) is 0 Å². The minimum Gasteiger partial charge on any atom is -0.492 e. The van der Waals surface area contributed by atoms with Gasteiger partial charge < -0.3 is 20.7 Å². The Morgan fingerprint density at radius 2 is 2.19 bits per heavy atom. The number of nitrogens with zero attached hydrogens (tertiary/aromatic N) is 4. The summed E-state index contributed by atoms with van der Waals surface area (Å²) in [5.41, 5.74) is 7.26. The molecule has 0 radical (unpaired) electrons. The first-order valence-corrected chi connectivity index (χ1v) is 9.41. The summed E-state index contributed by atoms with van der Waals surface area (Å²) in [6, 6.07) is 8.06. The van der Waals surface area contributed by atoms with Crippen LogP contribution in [-0.4, -0.2) is 35.7 Å². The van der Waals surface area contributed by atoms with Crippen molar-refractivity contribution in [2.45, 2.75) is 32.4 Å². The van der Waals surface area contributed by atoms with Crippen molar-refractivity contribution in [3.05, 3.63) is 40.5 Å². The van der Waals surface area contributed by atoms with E-state index in [-0.39, 0.29) is 17.4 Å². The van der Waals surface area contributed by atoms with Crippen LogP contribution in [0.4, 0.5) is 11.8 Å². The van der Waals surface area contributed by atoms with Crippen LogP contribution in [0.2, 0.25) is 5.02 Å². The lowest BCUT2D eigenvalue weighted by Gasteiger charge is -2.35. The van der Waals surface area contributed by atoms with Gasteiger partial charge in [-0.2, -0.15) is 10.2 Å². The predicted octanol–water partition coefficient (Wildman–Crippen LogP) is 2.74. The average molecular weight is 387 g/mol. The fraction of sp³-hybridized carbons (Fsp3) is 0.421. The third-order valence-corrected chi connectivity index (χ3v) is 4.89. The van der Waals surface area contributed by atoms with E-state index in [1.165, 1.54) is 6.20 Å². The normalized spacial score (nSPS) is 14.6. The quantitative estimate of drug-likeness (QED) is 0.787. The van der Waals surface area contributed by atoms with Gasteiger partial charge in [0, 0.05) is 12.6 Å². The van der Waals surface area contributed by atoms with Gasteiger partial charge in [-0.05, 0) is 50.6 Å². The molecular formula is C19H23ClN6O. The standard InChI is InChI=1S/C19H23ClN6O/c1-2-27-17-9-13(3-4-16(17)20)12-26(15-5-7-23-8-6-15)19-24-11-14(10-21)18(22)25-19/h3-4,9,11,15,23H,2,5-8,12H2,1H3,(H2,22,24,25). The van der Waals surface area contributed by atoms with Gasteiger partial charge in [0.25, 0.3) is 0 Å². The van der Waals surface area contributed by atoms with E-state index in [1.807, 2.05) is 31.2 Å². The number of ether oxygens (including phenoxy) is 1. The number of anilines is 2. The third-order valence-electron chi connectivity index (χ3n) is 4.58. The molecule has 0 atom stereocenters. The molecule has 0 saturated carbocycles. The first-order chi connectivity index (χ1) is 13.1. The summed E-state index contributed by atoms with van der Waals surface area (Å²) in [6.45, 7) is 4.97. The second-order valence-electron chi connectivity index (χ2n) is 6.39. The highest BCUT2D eigenvalue weighted by Crippen LogP contribution is 2.28. The Bertz CT molecular complexity index is 831. The van der Waals surface area contributed by atoms with E-state index < -0.39 is 0 Å². The molecule has 142 valence electrons. The van der Waals surface area contributed by atoms with Crippen molar-refractivity contribution < 1.29 is 4.74 Å². The molecule has 0 amide bonds. The molecule has 2 heterocycles. The smallest absolute Gasteiger partial charge is 0.227 e. The largest absolute Gasteiger partial charge is 0.492 e. The molecule has 1 aromatic heterocycles.